The molecule has 3 heterocycles. The monoisotopic (exact) mass is 328 g/mol. The summed E-state index contributed by atoms with van der Waals surface area (Å²) in [6.45, 7) is 0.371. The number of nitrogens with zero attached hydrogens (tertiary/aromatic N) is 4. The van der Waals surface area contributed by atoms with E-state index in [0.29, 0.717) is 24.0 Å². The summed E-state index contributed by atoms with van der Waals surface area (Å²) in [6, 6.07) is 7.20. The highest BCUT2D eigenvalue weighted by molar-refractivity contribution is 5.77. The summed E-state index contributed by atoms with van der Waals surface area (Å²) in [6.07, 6.45) is 4.88. The third-order valence-electron chi connectivity index (χ3n) is 3.24. The Balaban J connectivity index is 1.46. The number of furan rings is 1. The lowest BCUT2D eigenvalue weighted by molar-refractivity contribution is -0.136. The zero-order valence-corrected chi connectivity index (χ0v) is 13.1. The van der Waals surface area contributed by atoms with Crippen molar-refractivity contribution in [2.45, 2.75) is 13.2 Å². The number of carbonyl (C=O) groups excluding carboxylic acids is 1. The second-order valence-corrected chi connectivity index (χ2v) is 5.08. The van der Waals surface area contributed by atoms with Gasteiger partial charge in [-0.25, -0.2) is 0 Å². The van der Waals surface area contributed by atoms with E-state index < -0.39 is 0 Å². The van der Waals surface area contributed by atoms with E-state index in [1.165, 1.54) is 4.90 Å². The lowest BCUT2D eigenvalue weighted by atomic mass is 10.3. The Morgan fingerprint density at radius 2 is 2.25 bits per heavy atom. The van der Waals surface area contributed by atoms with Crippen molar-refractivity contribution in [1.29, 1.82) is 0 Å². The fourth-order valence-corrected chi connectivity index (χ4v) is 1.99. The van der Waals surface area contributed by atoms with Gasteiger partial charge in [0.05, 0.1) is 12.8 Å². The Hall–Kier alpha value is -3.00. The summed E-state index contributed by atoms with van der Waals surface area (Å²) < 4.78 is 15.6. The van der Waals surface area contributed by atoms with E-state index in [1.54, 1.807) is 37.8 Å². The van der Waals surface area contributed by atoms with Crippen LogP contribution in [-0.2, 0) is 22.7 Å². The van der Waals surface area contributed by atoms with Gasteiger partial charge in [0.15, 0.2) is 0 Å². The van der Waals surface area contributed by atoms with Crippen molar-refractivity contribution in [1.82, 2.24) is 20.0 Å². The van der Waals surface area contributed by atoms with Gasteiger partial charge in [-0.3, -0.25) is 9.78 Å². The number of pyridine rings is 1. The molecule has 0 aliphatic heterocycles. The van der Waals surface area contributed by atoms with E-state index in [9.17, 15) is 4.79 Å². The summed E-state index contributed by atoms with van der Waals surface area (Å²) >= 11 is 0. The van der Waals surface area contributed by atoms with Crippen LogP contribution in [0.5, 0.6) is 0 Å². The van der Waals surface area contributed by atoms with Gasteiger partial charge in [-0.15, -0.1) is 0 Å². The lowest BCUT2D eigenvalue weighted by Gasteiger charge is -2.15. The molecule has 3 aromatic rings. The van der Waals surface area contributed by atoms with E-state index in [0.717, 1.165) is 5.56 Å². The summed E-state index contributed by atoms with van der Waals surface area (Å²) in [7, 11) is 1.68. The molecule has 0 unspecified atom stereocenters. The van der Waals surface area contributed by atoms with Gasteiger partial charge in [0.2, 0.25) is 11.7 Å². The van der Waals surface area contributed by atoms with Gasteiger partial charge in [0, 0.05) is 25.0 Å². The SMILES string of the molecule is CN(Cc1ccco1)C(=O)COCc1nc(-c2cccnc2)no1. The Labute approximate surface area is 138 Å². The van der Waals surface area contributed by atoms with Crippen LogP contribution in [-0.4, -0.2) is 39.6 Å². The zero-order valence-electron chi connectivity index (χ0n) is 13.1. The molecule has 1 amide bonds. The average molecular weight is 328 g/mol. The molecule has 8 heteroatoms. The molecule has 0 fully saturated rings. The molecule has 3 rings (SSSR count). The Bertz CT molecular complexity index is 770. The van der Waals surface area contributed by atoms with Crippen molar-refractivity contribution < 1.29 is 18.5 Å². The van der Waals surface area contributed by atoms with Crippen LogP contribution in [0.3, 0.4) is 0 Å². The van der Waals surface area contributed by atoms with Crippen molar-refractivity contribution in [3.8, 4) is 11.4 Å². The standard InChI is InChI=1S/C16H16N4O4/c1-20(9-13-5-3-7-23-13)15(21)11-22-10-14-18-16(19-24-14)12-4-2-6-17-8-12/h2-8H,9-11H2,1H3. The molecular weight excluding hydrogens is 312 g/mol. The second kappa shape index (κ2) is 7.51. The fraction of sp³-hybridized carbons (Fsp3) is 0.250. The number of rotatable bonds is 7. The average Bonchev–Trinajstić information content (AvgIpc) is 3.27. The minimum Gasteiger partial charge on any atom is -0.467 e. The molecule has 0 radical (unpaired) electrons. The zero-order chi connectivity index (χ0) is 16.8. The van der Waals surface area contributed by atoms with Crippen LogP contribution < -0.4 is 0 Å². The number of ether oxygens (including phenoxy) is 1. The minimum atomic E-state index is -0.168. The molecule has 0 saturated carbocycles. The van der Waals surface area contributed by atoms with Crippen LogP contribution in [0.1, 0.15) is 11.7 Å². The van der Waals surface area contributed by atoms with E-state index >= 15 is 0 Å². The summed E-state index contributed by atoms with van der Waals surface area (Å²) in [4.78, 5) is 21.7. The Kier molecular flexibility index (Phi) is 4.97. The molecule has 0 bridgehead atoms. The van der Waals surface area contributed by atoms with Crippen LogP contribution >= 0.6 is 0 Å². The summed E-state index contributed by atoms with van der Waals surface area (Å²) in [5, 5.41) is 3.86. The maximum atomic E-state index is 12.0. The highest BCUT2D eigenvalue weighted by atomic mass is 16.5. The van der Waals surface area contributed by atoms with Gasteiger partial charge in [0.25, 0.3) is 5.89 Å². The minimum absolute atomic E-state index is 0.0631. The Morgan fingerprint density at radius 1 is 1.33 bits per heavy atom. The molecule has 0 N–H and O–H groups in total. The predicted molar refractivity (Wildman–Crippen MR) is 82.4 cm³/mol. The van der Waals surface area contributed by atoms with Crippen LogP contribution in [0.2, 0.25) is 0 Å². The largest absolute Gasteiger partial charge is 0.467 e. The van der Waals surface area contributed by atoms with Crippen molar-refractivity contribution in [3.05, 3.63) is 54.6 Å². The van der Waals surface area contributed by atoms with E-state index in [4.69, 9.17) is 13.7 Å². The summed E-state index contributed by atoms with van der Waals surface area (Å²) in [5.74, 6) is 1.28. The molecule has 24 heavy (non-hydrogen) atoms. The van der Waals surface area contributed by atoms with Crippen LogP contribution in [0.4, 0.5) is 0 Å². The fourth-order valence-electron chi connectivity index (χ4n) is 1.99. The highest BCUT2D eigenvalue weighted by Gasteiger charge is 2.13. The van der Waals surface area contributed by atoms with Crippen molar-refractivity contribution in [2.24, 2.45) is 0 Å². The van der Waals surface area contributed by atoms with Crippen molar-refractivity contribution >= 4 is 5.91 Å². The van der Waals surface area contributed by atoms with Gasteiger partial charge < -0.3 is 18.6 Å². The molecule has 0 aliphatic rings. The van der Waals surface area contributed by atoms with Crippen molar-refractivity contribution in [3.63, 3.8) is 0 Å². The normalized spacial score (nSPS) is 10.7. The van der Waals surface area contributed by atoms with E-state index in [2.05, 4.69) is 15.1 Å². The molecule has 124 valence electrons. The first-order chi connectivity index (χ1) is 11.7. The van der Waals surface area contributed by atoms with Crippen molar-refractivity contribution in [2.75, 3.05) is 13.7 Å². The molecule has 0 aliphatic carbocycles. The maximum Gasteiger partial charge on any atom is 0.252 e. The number of hydrogen-bond donors (Lipinski definition) is 0. The van der Waals surface area contributed by atoms with Gasteiger partial charge in [-0.05, 0) is 24.3 Å². The van der Waals surface area contributed by atoms with E-state index in [1.807, 2.05) is 12.1 Å². The number of carbonyl (C=O) groups is 1. The highest BCUT2D eigenvalue weighted by Crippen LogP contribution is 2.14. The second-order valence-electron chi connectivity index (χ2n) is 5.08. The lowest BCUT2D eigenvalue weighted by Crippen LogP contribution is -2.29. The molecular formula is C16H16N4O4. The van der Waals surface area contributed by atoms with Crippen LogP contribution in [0.25, 0.3) is 11.4 Å². The molecule has 0 atom stereocenters. The number of hydrogen-bond acceptors (Lipinski definition) is 7. The third kappa shape index (κ3) is 4.05. The maximum absolute atomic E-state index is 12.0. The molecule has 0 spiro atoms. The van der Waals surface area contributed by atoms with Gasteiger partial charge in [-0.1, -0.05) is 5.16 Å². The first kappa shape index (κ1) is 15.9. The first-order valence-corrected chi connectivity index (χ1v) is 7.29. The van der Waals surface area contributed by atoms with Crippen LogP contribution in [0, 0.1) is 0 Å². The molecule has 0 saturated heterocycles. The van der Waals surface area contributed by atoms with Gasteiger partial charge in [-0.2, -0.15) is 4.98 Å². The number of amides is 1. The Morgan fingerprint density at radius 3 is 3.00 bits per heavy atom. The van der Waals surface area contributed by atoms with Crippen LogP contribution in [0.15, 0.2) is 51.9 Å². The number of likely N-dealkylation sites (N-methyl/N-ethyl adjacent to an activating group) is 1. The first-order valence-electron chi connectivity index (χ1n) is 7.29. The molecule has 8 nitrogen and oxygen atoms in total. The molecule has 0 aromatic carbocycles. The predicted octanol–water partition coefficient (Wildman–Crippen LogP) is 1.90. The topological polar surface area (TPSA) is 94.5 Å². The van der Waals surface area contributed by atoms with E-state index in [-0.39, 0.29) is 19.1 Å². The smallest absolute Gasteiger partial charge is 0.252 e. The quantitative estimate of drug-likeness (QED) is 0.653. The summed E-state index contributed by atoms with van der Waals surface area (Å²) in [5.41, 5.74) is 0.752. The van der Waals surface area contributed by atoms with Gasteiger partial charge in [0.1, 0.15) is 19.0 Å². The third-order valence-corrected chi connectivity index (χ3v) is 3.24. The van der Waals surface area contributed by atoms with Gasteiger partial charge >= 0.3 is 0 Å². The molecule has 3 aromatic heterocycles. The number of aromatic nitrogens is 3.